The van der Waals surface area contributed by atoms with Crippen LogP contribution >= 0.6 is 0 Å². The molecule has 112 valence electrons. The lowest BCUT2D eigenvalue weighted by Gasteiger charge is -2.17. The summed E-state index contributed by atoms with van der Waals surface area (Å²) in [4.78, 5) is 13.9. The lowest BCUT2D eigenvalue weighted by molar-refractivity contribution is -0.131. The van der Waals surface area contributed by atoms with Gasteiger partial charge in [0.15, 0.2) is 0 Å². The van der Waals surface area contributed by atoms with Gasteiger partial charge in [-0.15, -0.1) is 5.10 Å². The van der Waals surface area contributed by atoms with Crippen molar-refractivity contribution in [2.24, 2.45) is 5.73 Å². The minimum Gasteiger partial charge on any atom is -0.340 e. The molecule has 0 bridgehead atoms. The Bertz CT molecular complexity index is 600. The highest BCUT2D eigenvalue weighted by molar-refractivity contribution is 5.75. The molecule has 6 heteroatoms. The molecule has 6 nitrogen and oxygen atoms in total. The third kappa shape index (κ3) is 4.13. The quantitative estimate of drug-likeness (QED) is 0.894. The number of rotatable bonds is 5. The maximum Gasteiger partial charge on any atom is 0.244 e. The fourth-order valence-electron chi connectivity index (χ4n) is 1.88. The SMILES string of the molecule is CN(Cc1ccccc1)C(=O)Cn1cc(C(C)(C)N)nn1. The van der Waals surface area contributed by atoms with Crippen molar-refractivity contribution in [3.05, 3.63) is 47.8 Å². The fraction of sp³-hybridized carbons (Fsp3) is 0.400. The molecule has 0 aliphatic heterocycles. The highest BCUT2D eigenvalue weighted by Crippen LogP contribution is 2.12. The molecule has 21 heavy (non-hydrogen) atoms. The van der Waals surface area contributed by atoms with Crippen LogP contribution in [-0.2, 0) is 23.4 Å². The number of nitrogens with two attached hydrogens (primary N) is 1. The fourth-order valence-corrected chi connectivity index (χ4v) is 1.88. The Morgan fingerprint density at radius 1 is 1.33 bits per heavy atom. The van der Waals surface area contributed by atoms with Gasteiger partial charge in [-0.25, -0.2) is 4.68 Å². The van der Waals surface area contributed by atoms with E-state index in [2.05, 4.69) is 10.3 Å². The van der Waals surface area contributed by atoms with Gasteiger partial charge in [0.2, 0.25) is 5.91 Å². The van der Waals surface area contributed by atoms with Gasteiger partial charge in [-0.3, -0.25) is 4.79 Å². The predicted octanol–water partition coefficient (Wildman–Crippen LogP) is 1.13. The molecule has 0 saturated carbocycles. The summed E-state index contributed by atoms with van der Waals surface area (Å²) in [6, 6.07) is 9.86. The molecule has 1 heterocycles. The van der Waals surface area contributed by atoms with Crippen LogP contribution in [0.2, 0.25) is 0 Å². The number of hydrogen-bond acceptors (Lipinski definition) is 4. The van der Waals surface area contributed by atoms with Gasteiger partial charge in [-0.1, -0.05) is 35.5 Å². The lowest BCUT2D eigenvalue weighted by Crippen LogP contribution is -2.30. The summed E-state index contributed by atoms with van der Waals surface area (Å²) >= 11 is 0. The van der Waals surface area contributed by atoms with Crippen molar-refractivity contribution in [3.63, 3.8) is 0 Å². The summed E-state index contributed by atoms with van der Waals surface area (Å²) in [5.74, 6) is -0.0230. The molecule has 0 unspecified atom stereocenters. The van der Waals surface area contributed by atoms with Crippen molar-refractivity contribution in [3.8, 4) is 0 Å². The van der Waals surface area contributed by atoms with Gasteiger partial charge in [0.1, 0.15) is 12.2 Å². The number of carbonyl (C=O) groups excluding carboxylic acids is 1. The van der Waals surface area contributed by atoms with E-state index in [1.54, 1.807) is 18.1 Å². The van der Waals surface area contributed by atoms with Gasteiger partial charge in [-0.05, 0) is 19.4 Å². The molecule has 0 saturated heterocycles. The molecule has 2 aromatic rings. The van der Waals surface area contributed by atoms with E-state index in [4.69, 9.17) is 5.73 Å². The first-order valence-corrected chi connectivity index (χ1v) is 6.83. The van der Waals surface area contributed by atoms with Crippen molar-refractivity contribution in [1.29, 1.82) is 0 Å². The maximum atomic E-state index is 12.2. The zero-order chi connectivity index (χ0) is 15.5. The molecule has 2 rings (SSSR count). The van der Waals surface area contributed by atoms with E-state index in [1.807, 2.05) is 44.2 Å². The largest absolute Gasteiger partial charge is 0.340 e. The van der Waals surface area contributed by atoms with Gasteiger partial charge in [-0.2, -0.15) is 0 Å². The smallest absolute Gasteiger partial charge is 0.244 e. The zero-order valence-corrected chi connectivity index (χ0v) is 12.7. The Balaban J connectivity index is 1.96. The molecule has 2 N–H and O–H groups in total. The maximum absolute atomic E-state index is 12.2. The second-order valence-electron chi connectivity index (χ2n) is 5.76. The van der Waals surface area contributed by atoms with E-state index in [9.17, 15) is 4.79 Å². The van der Waals surface area contributed by atoms with Crippen molar-refractivity contribution in [1.82, 2.24) is 19.9 Å². The number of likely N-dealkylation sites (N-methyl/N-ethyl adjacent to an activating group) is 1. The van der Waals surface area contributed by atoms with Gasteiger partial charge in [0.05, 0.1) is 11.7 Å². The summed E-state index contributed by atoms with van der Waals surface area (Å²) in [6.07, 6.45) is 1.72. The van der Waals surface area contributed by atoms with Crippen LogP contribution in [0.3, 0.4) is 0 Å². The van der Waals surface area contributed by atoms with Crippen LogP contribution in [0.4, 0.5) is 0 Å². The number of aromatic nitrogens is 3. The molecule has 0 spiro atoms. The second kappa shape index (κ2) is 6.05. The van der Waals surface area contributed by atoms with E-state index in [1.165, 1.54) is 4.68 Å². The van der Waals surface area contributed by atoms with E-state index in [0.717, 1.165) is 5.56 Å². The predicted molar refractivity (Wildman–Crippen MR) is 80.2 cm³/mol. The Labute approximate surface area is 124 Å². The standard InChI is InChI=1S/C15H21N5O/c1-15(2,16)13-10-20(18-17-13)11-14(21)19(3)9-12-7-5-4-6-8-12/h4-8,10H,9,11,16H2,1-3H3. The van der Waals surface area contributed by atoms with Crippen LogP contribution in [0, 0.1) is 0 Å². The molecule has 1 amide bonds. The molecule has 0 aliphatic rings. The zero-order valence-electron chi connectivity index (χ0n) is 12.7. The summed E-state index contributed by atoms with van der Waals surface area (Å²) < 4.78 is 1.52. The Morgan fingerprint density at radius 3 is 2.57 bits per heavy atom. The molecule has 0 atom stereocenters. The summed E-state index contributed by atoms with van der Waals surface area (Å²) in [5.41, 5.74) is 7.15. The van der Waals surface area contributed by atoms with Crippen LogP contribution in [0.15, 0.2) is 36.5 Å². The van der Waals surface area contributed by atoms with E-state index < -0.39 is 5.54 Å². The number of carbonyl (C=O) groups is 1. The average molecular weight is 287 g/mol. The molecule has 0 aliphatic carbocycles. The van der Waals surface area contributed by atoms with Crippen LogP contribution in [0.5, 0.6) is 0 Å². The van der Waals surface area contributed by atoms with Crippen molar-refractivity contribution < 1.29 is 4.79 Å². The Kier molecular flexibility index (Phi) is 4.37. The first-order valence-electron chi connectivity index (χ1n) is 6.83. The third-order valence-corrected chi connectivity index (χ3v) is 3.18. The van der Waals surface area contributed by atoms with Gasteiger partial charge in [0.25, 0.3) is 0 Å². The highest BCUT2D eigenvalue weighted by atomic mass is 16.2. The highest BCUT2D eigenvalue weighted by Gasteiger charge is 2.19. The second-order valence-corrected chi connectivity index (χ2v) is 5.76. The van der Waals surface area contributed by atoms with Crippen LogP contribution in [-0.4, -0.2) is 32.8 Å². The topological polar surface area (TPSA) is 77.0 Å². The van der Waals surface area contributed by atoms with Crippen LogP contribution < -0.4 is 5.73 Å². The summed E-state index contributed by atoms with van der Waals surface area (Å²) in [6.45, 7) is 4.44. The third-order valence-electron chi connectivity index (χ3n) is 3.18. The average Bonchev–Trinajstić information content (AvgIpc) is 2.88. The molecule has 0 radical (unpaired) electrons. The number of hydrogen-bond donors (Lipinski definition) is 1. The minimum atomic E-state index is -0.558. The number of amides is 1. The lowest BCUT2D eigenvalue weighted by atomic mass is 10.0. The molecule has 1 aromatic carbocycles. The molecular weight excluding hydrogens is 266 g/mol. The first kappa shape index (κ1) is 15.2. The number of benzene rings is 1. The van der Waals surface area contributed by atoms with Crippen molar-refractivity contribution in [2.75, 3.05) is 7.05 Å². The van der Waals surface area contributed by atoms with E-state index >= 15 is 0 Å². The minimum absolute atomic E-state index is 0.0230. The summed E-state index contributed by atoms with van der Waals surface area (Å²) in [5, 5.41) is 7.95. The van der Waals surface area contributed by atoms with Crippen LogP contribution in [0.25, 0.3) is 0 Å². The Hall–Kier alpha value is -2.21. The van der Waals surface area contributed by atoms with E-state index in [-0.39, 0.29) is 12.5 Å². The van der Waals surface area contributed by atoms with Crippen molar-refractivity contribution in [2.45, 2.75) is 32.5 Å². The van der Waals surface area contributed by atoms with Crippen LogP contribution in [0.1, 0.15) is 25.1 Å². The van der Waals surface area contributed by atoms with E-state index in [0.29, 0.717) is 12.2 Å². The molecule has 1 aromatic heterocycles. The van der Waals surface area contributed by atoms with Crippen molar-refractivity contribution >= 4 is 5.91 Å². The number of nitrogens with zero attached hydrogens (tertiary/aromatic N) is 4. The first-order chi connectivity index (χ1) is 9.86. The monoisotopic (exact) mass is 287 g/mol. The Morgan fingerprint density at radius 2 is 2.00 bits per heavy atom. The normalized spacial score (nSPS) is 11.4. The van der Waals surface area contributed by atoms with Gasteiger partial charge in [0, 0.05) is 13.6 Å². The van der Waals surface area contributed by atoms with Gasteiger partial charge < -0.3 is 10.6 Å². The molecular formula is C15H21N5O. The summed E-state index contributed by atoms with van der Waals surface area (Å²) in [7, 11) is 1.78. The van der Waals surface area contributed by atoms with Gasteiger partial charge >= 0.3 is 0 Å². The molecule has 0 fully saturated rings.